The van der Waals surface area contributed by atoms with E-state index in [1.165, 1.54) is 0 Å². The molecule has 2 aromatic rings. The number of rotatable bonds is 5. The van der Waals surface area contributed by atoms with Crippen molar-refractivity contribution in [3.8, 4) is 11.4 Å². The van der Waals surface area contributed by atoms with E-state index < -0.39 is 0 Å². The van der Waals surface area contributed by atoms with Gasteiger partial charge in [0, 0.05) is 23.0 Å². The summed E-state index contributed by atoms with van der Waals surface area (Å²) in [5.41, 5.74) is 0.781. The number of benzene rings is 1. The van der Waals surface area contributed by atoms with Crippen molar-refractivity contribution in [1.82, 2.24) is 20.8 Å². The summed E-state index contributed by atoms with van der Waals surface area (Å²) in [6, 6.07) is 7.50. The fourth-order valence-corrected chi connectivity index (χ4v) is 2.66. The zero-order valence-corrected chi connectivity index (χ0v) is 12.8. The second kappa shape index (κ2) is 6.89. The van der Waals surface area contributed by atoms with Crippen molar-refractivity contribution in [3.63, 3.8) is 0 Å². The van der Waals surface area contributed by atoms with Gasteiger partial charge in [0.1, 0.15) is 0 Å². The number of carbonyl (C=O) groups excluding carboxylic acids is 1. The maximum Gasteiger partial charge on any atom is 0.246 e. The lowest BCUT2D eigenvalue weighted by Gasteiger charge is -2.08. The van der Waals surface area contributed by atoms with Crippen molar-refractivity contribution in [1.29, 1.82) is 0 Å². The summed E-state index contributed by atoms with van der Waals surface area (Å²) in [6.07, 6.45) is 2.66. The van der Waals surface area contributed by atoms with E-state index in [0.29, 0.717) is 23.2 Å². The maximum atomic E-state index is 11.8. The summed E-state index contributed by atoms with van der Waals surface area (Å²) in [5, 5.41) is 10.6. The van der Waals surface area contributed by atoms with Crippen LogP contribution in [0.5, 0.6) is 0 Å². The molecule has 2 heterocycles. The highest BCUT2D eigenvalue weighted by Crippen LogP contribution is 2.19. The number of amides is 1. The van der Waals surface area contributed by atoms with Crippen molar-refractivity contribution in [2.24, 2.45) is 0 Å². The van der Waals surface area contributed by atoms with Gasteiger partial charge in [-0.15, -0.1) is 0 Å². The van der Waals surface area contributed by atoms with Crippen LogP contribution in [-0.2, 0) is 11.3 Å². The van der Waals surface area contributed by atoms with Crippen LogP contribution >= 0.6 is 11.6 Å². The molecule has 1 aliphatic heterocycles. The molecule has 22 heavy (non-hydrogen) atoms. The van der Waals surface area contributed by atoms with Crippen LogP contribution < -0.4 is 10.6 Å². The van der Waals surface area contributed by atoms with E-state index >= 15 is 0 Å². The summed E-state index contributed by atoms with van der Waals surface area (Å²) >= 11 is 5.94. The predicted octanol–water partition coefficient (Wildman–Crippen LogP) is 2.15. The molecular weight excluding hydrogens is 304 g/mol. The van der Waals surface area contributed by atoms with Crippen LogP contribution in [0, 0.1) is 0 Å². The lowest BCUT2D eigenvalue weighted by molar-refractivity contribution is -0.121. The smallest absolute Gasteiger partial charge is 0.246 e. The van der Waals surface area contributed by atoms with Crippen LogP contribution in [0.25, 0.3) is 11.4 Å². The van der Waals surface area contributed by atoms with Crippen molar-refractivity contribution < 1.29 is 9.32 Å². The van der Waals surface area contributed by atoms with Crippen LogP contribution in [0.1, 0.15) is 25.2 Å². The minimum absolute atomic E-state index is 0.0121. The van der Waals surface area contributed by atoms with Crippen molar-refractivity contribution in [2.75, 3.05) is 6.54 Å². The standard InChI is InChI=1S/C15H17ClN4O2/c16-11-4-1-3-10(7-11)15-19-14(22-20-15)9-18-13(21)8-12-5-2-6-17-12/h1,3-4,7,12,17H,2,5-6,8-9H2,(H,18,21). The third kappa shape index (κ3) is 3.84. The molecule has 1 fully saturated rings. The molecule has 3 rings (SSSR count). The van der Waals surface area contributed by atoms with Crippen LogP contribution in [-0.4, -0.2) is 28.6 Å². The molecule has 6 nitrogen and oxygen atoms in total. The van der Waals surface area contributed by atoms with Crippen molar-refractivity contribution >= 4 is 17.5 Å². The SMILES string of the molecule is O=C(CC1CCCN1)NCc1nc(-c2cccc(Cl)c2)no1. The fourth-order valence-electron chi connectivity index (χ4n) is 2.47. The Hall–Kier alpha value is -1.92. The van der Waals surface area contributed by atoms with Crippen LogP contribution in [0.2, 0.25) is 5.02 Å². The van der Waals surface area contributed by atoms with Gasteiger partial charge in [-0.3, -0.25) is 4.79 Å². The number of aromatic nitrogens is 2. The second-order valence-corrected chi connectivity index (χ2v) is 5.73. The molecule has 1 aromatic carbocycles. The number of nitrogens with one attached hydrogen (secondary N) is 2. The fraction of sp³-hybridized carbons (Fsp3) is 0.400. The summed E-state index contributed by atoms with van der Waals surface area (Å²) in [4.78, 5) is 16.1. The Balaban J connectivity index is 1.54. The largest absolute Gasteiger partial charge is 0.347 e. The molecule has 7 heteroatoms. The van der Waals surface area contributed by atoms with Gasteiger partial charge in [-0.2, -0.15) is 4.98 Å². The Labute approximate surface area is 133 Å². The molecule has 116 valence electrons. The van der Waals surface area contributed by atoms with Crippen molar-refractivity contribution in [2.45, 2.75) is 31.8 Å². The molecule has 1 aliphatic rings. The molecule has 1 aromatic heterocycles. The van der Waals surface area contributed by atoms with E-state index in [1.54, 1.807) is 12.1 Å². The summed E-state index contributed by atoms with van der Waals surface area (Å²) in [5.74, 6) is 0.828. The Bertz CT molecular complexity index is 652. The first-order valence-corrected chi connectivity index (χ1v) is 7.67. The van der Waals surface area contributed by atoms with Gasteiger partial charge in [0.15, 0.2) is 0 Å². The second-order valence-electron chi connectivity index (χ2n) is 5.30. The highest BCUT2D eigenvalue weighted by atomic mass is 35.5. The number of hydrogen-bond acceptors (Lipinski definition) is 5. The number of hydrogen-bond donors (Lipinski definition) is 2. The van der Waals surface area contributed by atoms with E-state index in [0.717, 1.165) is 24.9 Å². The van der Waals surface area contributed by atoms with Gasteiger partial charge < -0.3 is 15.2 Å². The highest BCUT2D eigenvalue weighted by molar-refractivity contribution is 6.30. The lowest BCUT2D eigenvalue weighted by atomic mass is 10.1. The Morgan fingerprint density at radius 2 is 2.41 bits per heavy atom. The average Bonchev–Trinajstić information content (AvgIpc) is 3.16. The van der Waals surface area contributed by atoms with Gasteiger partial charge in [0.25, 0.3) is 0 Å². The van der Waals surface area contributed by atoms with Gasteiger partial charge in [-0.05, 0) is 31.5 Å². The molecule has 1 atom stereocenters. The van der Waals surface area contributed by atoms with Gasteiger partial charge in [0.2, 0.25) is 17.6 Å². The quantitative estimate of drug-likeness (QED) is 0.882. The minimum Gasteiger partial charge on any atom is -0.347 e. The molecule has 0 aliphatic carbocycles. The average molecular weight is 321 g/mol. The molecule has 2 N–H and O–H groups in total. The van der Waals surface area contributed by atoms with Gasteiger partial charge in [-0.25, -0.2) is 0 Å². The molecule has 0 radical (unpaired) electrons. The van der Waals surface area contributed by atoms with E-state index in [9.17, 15) is 4.79 Å². The molecular formula is C15H17ClN4O2. The normalized spacial score (nSPS) is 17.6. The molecule has 0 spiro atoms. The highest BCUT2D eigenvalue weighted by Gasteiger charge is 2.18. The van der Waals surface area contributed by atoms with E-state index in [1.807, 2.05) is 12.1 Å². The first-order chi connectivity index (χ1) is 10.7. The number of nitrogens with zero attached hydrogens (tertiary/aromatic N) is 2. The monoisotopic (exact) mass is 320 g/mol. The molecule has 0 saturated carbocycles. The molecule has 1 unspecified atom stereocenters. The minimum atomic E-state index is -0.0121. The van der Waals surface area contributed by atoms with Crippen molar-refractivity contribution in [3.05, 3.63) is 35.2 Å². The summed E-state index contributed by atoms with van der Waals surface area (Å²) < 4.78 is 5.14. The third-order valence-corrected chi connectivity index (χ3v) is 3.82. The topological polar surface area (TPSA) is 80.0 Å². The molecule has 1 saturated heterocycles. The summed E-state index contributed by atoms with van der Waals surface area (Å²) in [6.45, 7) is 1.23. The third-order valence-electron chi connectivity index (χ3n) is 3.58. The Morgan fingerprint density at radius 1 is 1.50 bits per heavy atom. The first-order valence-electron chi connectivity index (χ1n) is 7.29. The number of halogens is 1. The lowest BCUT2D eigenvalue weighted by Crippen LogP contribution is -2.31. The van der Waals surface area contributed by atoms with Crippen LogP contribution in [0.4, 0.5) is 0 Å². The molecule has 1 amide bonds. The zero-order valence-electron chi connectivity index (χ0n) is 12.0. The zero-order chi connectivity index (χ0) is 15.4. The maximum absolute atomic E-state index is 11.8. The predicted molar refractivity (Wildman–Crippen MR) is 82.2 cm³/mol. The Morgan fingerprint density at radius 3 is 3.18 bits per heavy atom. The van der Waals surface area contributed by atoms with Gasteiger partial charge in [0.05, 0.1) is 6.54 Å². The first kappa shape index (κ1) is 15.0. The van der Waals surface area contributed by atoms with Gasteiger partial charge >= 0.3 is 0 Å². The Kier molecular flexibility index (Phi) is 4.70. The van der Waals surface area contributed by atoms with Gasteiger partial charge in [-0.1, -0.05) is 28.9 Å². The van der Waals surface area contributed by atoms with E-state index in [4.69, 9.17) is 16.1 Å². The molecule has 0 bridgehead atoms. The summed E-state index contributed by atoms with van der Waals surface area (Å²) in [7, 11) is 0. The van der Waals surface area contributed by atoms with Crippen LogP contribution in [0.3, 0.4) is 0 Å². The number of carbonyl (C=O) groups is 1. The van der Waals surface area contributed by atoms with E-state index in [2.05, 4.69) is 20.8 Å². The van der Waals surface area contributed by atoms with E-state index in [-0.39, 0.29) is 18.5 Å². The van der Waals surface area contributed by atoms with Crippen LogP contribution in [0.15, 0.2) is 28.8 Å².